The van der Waals surface area contributed by atoms with Crippen LogP contribution in [0.15, 0.2) is 0 Å². The van der Waals surface area contributed by atoms with Gasteiger partial charge in [-0.1, -0.05) is 0 Å². The van der Waals surface area contributed by atoms with Crippen LogP contribution in [-0.4, -0.2) is 68.2 Å². The average molecular weight is 176 g/mol. The molecule has 0 spiro atoms. The molecule has 0 aliphatic rings. The van der Waals surface area contributed by atoms with Gasteiger partial charge in [-0.25, -0.2) is 9.59 Å². The van der Waals surface area contributed by atoms with E-state index in [0.29, 0.717) is 0 Å². The van der Waals surface area contributed by atoms with E-state index in [1.807, 2.05) is 0 Å². The summed E-state index contributed by atoms with van der Waals surface area (Å²) in [6.07, 6.45) is 0. The van der Waals surface area contributed by atoms with Crippen LogP contribution in [0.4, 0.5) is 0 Å². The third-order valence-electron chi connectivity index (χ3n) is 0.360. The van der Waals surface area contributed by atoms with Crippen LogP contribution in [0.5, 0.6) is 0 Å². The van der Waals surface area contributed by atoms with Gasteiger partial charge in [-0.2, -0.15) is 0 Å². The monoisotopic (exact) mass is 176 g/mol. The smallest absolute Gasteiger partial charge is 0.413 e. The third kappa shape index (κ3) is 11.0. The van der Waals surface area contributed by atoms with Gasteiger partial charge in [-0.15, -0.1) is 0 Å². The summed E-state index contributed by atoms with van der Waals surface area (Å²) in [7, 11) is 1.01. The molecule has 0 aromatic heterocycles. The molecule has 1 N–H and O–H groups in total. The first-order valence-corrected chi connectivity index (χ1v) is 1.49. The zero-order valence-corrected chi connectivity index (χ0v) is 3.67. The summed E-state index contributed by atoms with van der Waals surface area (Å²) < 4.78 is 3.77. The Labute approximate surface area is 82.6 Å². The second-order valence-corrected chi connectivity index (χ2v) is 0.797. The fourth-order valence-corrected chi connectivity index (χ4v) is 0.0873. The van der Waals surface area contributed by atoms with Crippen molar-refractivity contribution in [3.8, 4) is 0 Å². The highest BCUT2D eigenvalue weighted by Crippen LogP contribution is 1.67. The van der Waals surface area contributed by atoms with E-state index in [9.17, 15) is 9.59 Å². The highest BCUT2D eigenvalue weighted by molar-refractivity contribution is 6.32. The van der Waals surface area contributed by atoms with Gasteiger partial charge in [0.15, 0.2) is 34.7 Å². The lowest BCUT2D eigenvalue weighted by atomic mass is 10.5. The molecule has 10 heavy (non-hydrogen) atoms. The van der Waals surface area contributed by atoms with Gasteiger partial charge in [0.1, 0.15) is 0 Å². The van der Waals surface area contributed by atoms with Crippen LogP contribution in [-0.2, 0) is 14.2 Å². The molecule has 0 aliphatic heterocycles. The van der Waals surface area contributed by atoms with Crippen LogP contribution >= 0.6 is 0 Å². The number of hydrogen-bond donors (Lipinski definition) is 1. The number of rotatable bonds is 0. The molecule has 0 unspecified atom stereocenters. The molecule has 0 heterocycles. The van der Waals surface area contributed by atoms with E-state index < -0.39 is 11.9 Å². The Morgan fingerprint density at radius 2 is 1.60 bits per heavy atom. The average Bonchev–Trinajstić information content (AvgIpc) is 1.65. The van der Waals surface area contributed by atoms with E-state index in [1.54, 1.807) is 0 Å². The van der Waals surface area contributed by atoms with Crippen LogP contribution in [0.1, 0.15) is 0 Å². The zero-order chi connectivity index (χ0) is 5.86. The lowest BCUT2D eigenvalue weighted by Gasteiger charge is -1.86. The quantitative estimate of drug-likeness (QED) is 0.295. The number of hydrogen-bond acceptors (Lipinski definition) is 3. The van der Waals surface area contributed by atoms with E-state index in [-0.39, 0.29) is 43.1 Å². The van der Waals surface area contributed by atoms with Gasteiger partial charge >= 0.3 is 20.0 Å². The maximum Gasteiger partial charge on any atom is 0.413 e. The van der Waals surface area contributed by atoms with Crippen molar-refractivity contribution in [2.24, 2.45) is 0 Å². The van der Waals surface area contributed by atoms with Gasteiger partial charge in [0.25, 0.3) is 0 Å². The normalized spacial score (nSPS) is 5.20. The maximum absolute atomic E-state index is 9.69. The molecule has 0 fully saturated rings. The van der Waals surface area contributed by atoms with Gasteiger partial charge in [0, 0.05) is 0 Å². The molecule has 0 aliphatic carbocycles. The van der Waals surface area contributed by atoms with Crippen LogP contribution in [0.25, 0.3) is 0 Å². The minimum Gasteiger partial charge on any atom is -0.535 e. The van der Waals surface area contributed by atoms with Crippen LogP contribution in [0, 0.1) is 0 Å². The maximum atomic E-state index is 9.69. The van der Waals surface area contributed by atoms with Crippen molar-refractivity contribution in [1.82, 2.24) is 0 Å². The van der Waals surface area contributed by atoms with Crippen LogP contribution in [0.2, 0.25) is 0 Å². The van der Waals surface area contributed by atoms with E-state index in [2.05, 4.69) is 4.65 Å². The van der Waals surface area contributed by atoms with Gasteiger partial charge < -0.3 is 9.76 Å². The molecule has 0 amide bonds. The molecule has 0 aromatic rings. The third-order valence-corrected chi connectivity index (χ3v) is 0.360. The Kier molecular flexibility index (Phi) is 26.7. The molecule has 56 valence electrons. The fourth-order valence-electron chi connectivity index (χ4n) is 0.0873. The molecule has 0 bridgehead atoms. The van der Waals surface area contributed by atoms with Crippen molar-refractivity contribution >= 4 is 63.1 Å². The Morgan fingerprint density at radius 3 is 1.60 bits per heavy atom. The lowest BCUT2D eigenvalue weighted by molar-refractivity contribution is -0.157. The summed E-state index contributed by atoms with van der Waals surface area (Å²) >= 11 is 0. The second-order valence-electron chi connectivity index (χ2n) is 0.797. The van der Waals surface area contributed by atoms with Crippen molar-refractivity contribution in [1.29, 1.82) is 0 Å². The Morgan fingerprint density at radius 1 is 1.30 bits per heavy atom. The lowest BCUT2D eigenvalue weighted by Crippen LogP contribution is -2.14. The van der Waals surface area contributed by atoms with Gasteiger partial charge in [-0.3, -0.25) is 0 Å². The van der Waals surface area contributed by atoms with Crippen molar-refractivity contribution < 1.29 is 19.3 Å². The summed E-state index contributed by atoms with van der Waals surface area (Å²) in [4.78, 5) is 19.1. The van der Waals surface area contributed by atoms with Crippen molar-refractivity contribution in [3.05, 3.63) is 0 Å². The molecule has 0 atom stereocenters. The number of aliphatic carboxylic acids is 1. The molecular formula is C2H12Al2B2O4. The SMILES string of the molecule is B.BOC(=O)C(=O)O.[AlH3].[AlH3]. The number of carbonyl (C=O) groups excluding carboxylic acids is 1. The predicted octanol–water partition coefficient (Wildman–Crippen LogP) is -5.39. The van der Waals surface area contributed by atoms with Crippen molar-refractivity contribution in [2.45, 2.75) is 0 Å². The van der Waals surface area contributed by atoms with E-state index in [4.69, 9.17) is 5.11 Å². The number of carbonyl (C=O) groups is 2. The topological polar surface area (TPSA) is 63.6 Å². The predicted molar refractivity (Wildman–Crippen MR) is 52.1 cm³/mol. The van der Waals surface area contributed by atoms with E-state index >= 15 is 0 Å². The first-order chi connectivity index (χ1) is 3.18. The van der Waals surface area contributed by atoms with Crippen LogP contribution in [0.3, 0.4) is 0 Å². The largest absolute Gasteiger partial charge is 0.535 e. The van der Waals surface area contributed by atoms with Gasteiger partial charge in [0.2, 0.25) is 0 Å². The zero-order valence-electron chi connectivity index (χ0n) is 3.67. The Hall–Kier alpha value is 0.135. The number of carboxylic acid groups (broad SMARTS) is 1. The Bertz CT molecular complexity index is 107. The first-order valence-electron chi connectivity index (χ1n) is 1.49. The summed E-state index contributed by atoms with van der Waals surface area (Å²) in [6, 6.07) is 0. The highest BCUT2D eigenvalue weighted by Gasteiger charge is 2.07. The highest BCUT2D eigenvalue weighted by atomic mass is 27.0. The van der Waals surface area contributed by atoms with Crippen LogP contribution < -0.4 is 0 Å². The second kappa shape index (κ2) is 11.9. The standard InChI is InChI=1S/C2H3BO4.2Al.BH3.6H/c3-7-2(6)1(4)5;;;;;;;;;/h3H2,(H,4,5);;;1H3;;;;;;. The summed E-state index contributed by atoms with van der Waals surface area (Å²) in [5, 5.41) is 7.71. The molecule has 0 saturated carbocycles. The minimum absolute atomic E-state index is 0. The van der Waals surface area contributed by atoms with Gasteiger partial charge in [0.05, 0.1) is 8.41 Å². The van der Waals surface area contributed by atoms with Gasteiger partial charge in [-0.05, 0) is 0 Å². The molecule has 0 radical (unpaired) electrons. The summed E-state index contributed by atoms with van der Waals surface area (Å²) in [6.45, 7) is 0. The van der Waals surface area contributed by atoms with Crippen molar-refractivity contribution in [3.63, 3.8) is 0 Å². The molecular weight excluding hydrogens is 164 g/mol. The molecule has 4 nitrogen and oxygen atoms in total. The van der Waals surface area contributed by atoms with Crippen molar-refractivity contribution in [2.75, 3.05) is 0 Å². The van der Waals surface area contributed by atoms with E-state index in [0.717, 1.165) is 8.05 Å². The minimum atomic E-state index is -1.57. The molecule has 8 heteroatoms. The molecule has 0 saturated heterocycles. The van der Waals surface area contributed by atoms with E-state index in [1.165, 1.54) is 0 Å². The number of carboxylic acids is 1. The molecule has 0 aromatic carbocycles. The fraction of sp³-hybridized carbons (Fsp3) is 0. The summed E-state index contributed by atoms with van der Waals surface area (Å²) in [5.41, 5.74) is 0. The summed E-state index contributed by atoms with van der Waals surface area (Å²) in [5.74, 6) is -2.80. The first kappa shape index (κ1) is 22.5. The molecule has 0 rings (SSSR count). The Balaban J connectivity index is -0.0000000600.